The second kappa shape index (κ2) is 7.27. The van der Waals surface area contributed by atoms with Crippen LogP contribution in [0.3, 0.4) is 0 Å². The van der Waals surface area contributed by atoms with E-state index in [9.17, 15) is 4.79 Å². The predicted octanol–water partition coefficient (Wildman–Crippen LogP) is 1.44. The first-order valence-corrected chi connectivity index (χ1v) is 5.48. The van der Waals surface area contributed by atoms with Crippen LogP contribution < -0.4 is 5.06 Å². The monoisotopic (exact) mass is 268 g/mol. The van der Waals surface area contributed by atoms with Crippen LogP contribution in [-0.2, 0) is 21.0 Å². The van der Waals surface area contributed by atoms with Crippen LogP contribution in [0.25, 0.3) is 0 Å². The molecule has 0 fully saturated rings. The summed E-state index contributed by atoms with van der Waals surface area (Å²) in [6, 6.07) is 0. The van der Waals surface area contributed by atoms with Crippen LogP contribution >= 0.6 is 0 Å². The zero-order chi connectivity index (χ0) is 14.3. The van der Waals surface area contributed by atoms with E-state index in [4.69, 9.17) is 9.68 Å². The summed E-state index contributed by atoms with van der Waals surface area (Å²) in [5.74, 6) is 0.545. The molecule has 104 valence electrons. The van der Waals surface area contributed by atoms with E-state index in [1.165, 1.54) is 26.6 Å². The van der Waals surface area contributed by atoms with Crippen molar-refractivity contribution in [2.75, 3.05) is 19.3 Å². The SMILES string of the molecule is CC=NOCc1nc(C)ncc1N(OC)C(=O)OC. The number of methoxy groups -OCH3 is 1. The number of ether oxygens (including phenoxy) is 1. The highest BCUT2D eigenvalue weighted by molar-refractivity contribution is 5.85. The van der Waals surface area contributed by atoms with Gasteiger partial charge >= 0.3 is 6.09 Å². The maximum absolute atomic E-state index is 11.6. The van der Waals surface area contributed by atoms with Crippen molar-refractivity contribution < 1.29 is 19.2 Å². The number of hydrogen-bond donors (Lipinski definition) is 0. The molecule has 8 heteroatoms. The van der Waals surface area contributed by atoms with Crippen LogP contribution in [-0.4, -0.2) is 36.5 Å². The molecule has 8 nitrogen and oxygen atoms in total. The minimum Gasteiger partial charge on any atom is -0.451 e. The van der Waals surface area contributed by atoms with Crippen molar-refractivity contribution in [1.29, 1.82) is 0 Å². The van der Waals surface area contributed by atoms with Gasteiger partial charge in [-0.2, -0.15) is 0 Å². The van der Waals surface area contributed by atoms with Crippen LogP contribution in [0, 0.1) is 6.92 Å². The van der Waals surface area contributed by atoms with E-state index >= 15 is 0 Å². The topological polar surface area (TPSA) is 86.1 Å². The van der Waals surface area contributed by atoms with Crippen LogP contribution in [0.4, 0.5) is 10.5 Å². The Bertz CT molecular complexity index is 464. The van der Waals surface area contributed by atoms with E-state index < -0.39 is 6.09 Å². The molecule has 0 aromatic carbocycles. The molecular weight excluding hydrogens is 252 g/mol. The molecule has 0 radical (unpaired) electrons. The number of hydrogen-bond acceptors (Lipinski definition) is 7. The fourth-order valence-electron chi connectivity index (χ4n) is 1.31. The van der Waals surface area contributed by atoms with Gasteiger partial charge in [-0.25, -0.2) is 14.8 Å². The number of carbonyl (C=O) groups is 1. The van der Waals surface area contributed by atoms with Gasteiger partial charge < -0.3 is 9.57 Å². The largest absolute Gasteiger partial charge is 0.451 e. The van der Waals surface area contributed by atoms with Gasteiger partial charge in [0.15, 0.2) is 6.61 Å². The van der Waals surface area contributed by atoms with Crippen molar-refractivity contribution in [2.45, 2.75) is 20.5 Å². The lowest BCUT2D eigenvalue weighted by Gasteiger charge is -2.19. The molecule has 0 aliphatic rings. The van der Waals surface area contributed by atoms with Crippen molar-refractivity contribution in [1.82, 2.24) is 9.97 Å². The minimum atomic E-state index is -0.685. The third kappa shape index (κ3) is 3.88. The first-order chi connectivity index (χ1) is 9.13. The standard InChI is InChI=1S/C11H16N4O4/c1-5-13-19-7-9-10(6-12-8(2)14-9)15(18-4)11(16)17-3/h5-6H,7H2,1-4H3. The van der Waals surface area contributed by atoms with Gasteiger partial charge in [-0.1, -0.05) is 5.16 Å². The van der Waals surface area contributed by atoms with E-state index in [0.717, 1.165) is 5.06 Å². The van der Waals surface area contributed by atoms with Crippen molar-refractivity contribution >= 4 is 18.0 Å². The van der Waals surface area contributed by atoms with Gasteiger partial charge in [0.1, 0.15) is 17.2 Å². The highest BCUT2D eigenvalue weighted by Gasteiger charge is 2.21. The Morgan fingerprint density at radius 3 is 2.84 bits per heavy atom. The second-order valence-electron chi connectivity index (χ2n) is 3.33. The second-order valence-corrected chi connectivity index (χ2v) is 3.33. The van der Waals surface area contributed by atoms with Gasteiger partial charge in [-0.15, -0.1) is 5.06 Å². The highest BCUT2D eigenvalue weighted by Crippen LogP contribution is 2.20. The van der Waals surface area contributed by atoms with Crippen LogP contribution in [0.2, 0.25) is 0 Å². The summed E-state index contributed by atoms with van der Waals surface area (Å²) in [6.07, 6.45) is 2.27. The number of oxime groups is 1. The van der Waals surface area contributed by atoms with Crippen molar-refractivity contribution in [3.05, 3.63) is 17.7 Å². The molecule has 1 heterocycles. The number of anilines is 1. The van der Waals surface area contributed by atoms with Crippen LogP contribution in [0.1, 0.15) is 18.4 Å². The molecular formula is C11H16N4O4. The molecule has 1 aromatic rings. The molecule has 0 unspecified atom stereocenters. The number of nitrogens with zero attached hydrogens (tertiary/aromatic N) is 4. The van der Waals surface area contributed by atoms with Gasteiger partial charge in [-0.3, -0.25) is 4.84 Å². The molecule has 0 N–H and O–H groups in total. The van der Waals surface area contributed by atoms with Crippen molar-refractivity contribution in [3.63, 3.8) is 0 Å². The Labute approximate surface area is 110 Å². The summed E-state index contributed by atoms with van der Waals surface area (Å²) < 4.78 is 4.60. The first kappa shape index (κ1) is 14.8. The van der Waals surface area contributed by atoms with Gasteiger partial charge in [0.2, 0.25) is 0 Å². The molecule has 1 rings (SSSR count). The quantitative estimate of drug-likeness (QED) is 0.593. The Kier molecular flexibility index (Phi) is 5.68. The molecule has 0 atom stereocenters. The van der Waals surface area contributed by atoms with E-state index in [1.807, 2.05) is 0 Å². The Morgan fingerprint density at radius 2 is 2.26 bits per heavy atom. The van der Waals surface area contributed by atoms with Crippen molar-refractivity contribution in [2.24, 2.45) is 5.16 Å². The van der Waals surface area contributed by atoms with Crippen molar-refractivity contribution in [3.8, 4) is 0 Å². The molecule has 0 aliphatic carbocycles. The average molecular weight is 268 g/mol. The zero-order valence-corrected chi connectivity index (χ0v) is 11.3. The van der Waals surface area contributed by atoms with Gasteiger partial charge in [0.25, 0.3) is 0 Å². The van der Waals surface area contributed by atoms with Gasteiger partial charge in [0.05, 0.1) is 20.4 Å². The average Bonchev–Trinajstić information content (AvgIpc) is 2.41. The Hall–Kier alpha value is -2.22. The Morgan fingerprint density at radius 1 is 1.53 bits per heavy atom. The van der Waals surface area contributed by atoms with E-state index in [2.05, 4.69) is 19.9 Å². The number of hydroxylamine groups is 1. The lowest BCUT2D eigenvalue weighted by molar-refractivity contribution is 0.110. The number of aryl methyl sites for hydroxylation is 1. The number of aromatic nitrogens is 2. The maximum Gasteiger partial charge on any atom is 0.438 e. The summed E-state index contributed by atoms with van der Waals surface area (Å²) in [7, 11) is 2.59. The number of rotatable bonds is 5. The predicted molar refractivity (Wildman–Crippen MR) is 67.6 cm³/mol. The highest BCUT2D eigenvalue weighted by atomic mass is 16.7. The fraction of sp³-hybridized carbons (Fsp3) is 0.455. The molecule has 0 bridgehead atoms. The lowest BCUT2D eigenvalue weighted by atomic mass is 10.3. The van der Waals surface area contributed by atoms with E-state index in [-0.39, 0.29) is 6.61 Å². The summed E-state index contributed by atoms with van der Waals surface area (Å²) >= 11 is 0. The summed E-state index contributed by atoms with van der Waals surface area (Å²) in [5.41, 5.74) is 0.802. The normalized spacial score (nSPS) is 10.5. The van der Waals surface area contributed by atoms with Crippen LogP contribution in [0.15, 0.2) is 11.4 Å². The summed E-state index contributed by atoms with van der Waals surface area (Å²) in [6.45, 7) is 3.54. The summed E-state index contributed by atoms with van der Waals surface area (Å²) in [5, 5.41) is 4.57. The molecule has 1 amide bonds. The smallest absolute Gasteiger partial charge is 0.438 e. The fourth-order valence-corrected chi connectivity index (χ4v) is 1.31. The van der Waals surface area contributed by atoms with Gasteiger partial charge in [-0.05, 0) is 13.8 Å². The summed E-state index contributed by atoms with van der Waals surface area (Å²) in [4.78, 5) is 29.8. The van der Waals surface area contributed by atoms with E-state index in [0.29, 0.717) is 17.2 Å². The Balaban J connectivity index is 3.06. The first-order valence-electron chi connectivity index (χ1n) is 5.48. The third-order valence-corrected chi connectivity index (χ3v) is 2.09. The molecule has 0 saturated carbocycles. The number of carbonyl (C=O) groups excluding carboxylic acids is 1. The number of amides is 1. The molecule has 0 aliphatic heterocycles. The zero-order valence-electron chi connectivity index (χ0n) is 11.3. The van der Waals surface area contributed by atoms with Gasteiger partial charge in [0, 0.05) is 6.21 Å². The van der Waals surface area contributed by atoms with Crippen LogP contribution in [0.5, 0.6) is 0 Å². The third-order valence-electron chi connectivity index (χ3n) is 2.09. The van der Waals surface area contributed by atoms with E-state index in [1.54, 1.807) is 13.8 Å². The molecule has 0 spiro atoms. The molecule has 19 heavy (non-hydrogen) atoms. The minimum absolute atomic E-state index is 0.0832. The molecule has 0 saturated heterocycles. The maximum atomic E-state index is 11.6. The lowest BCUT2D eigenvalue weighted by Crippen LogP contribution is -2.31. The molecule has 1 aromatic heterocycles.